The molecule has 0 radical (unpaired) electrons. The average Bonchev–Trinajstić information content (AvgIpc) is 3.42. The molecule has 0 aromatic heterocycles. The number of para-hydroxylation sites is 1. The van der Waals surface area contributed by atoms with Gasteiger partial charge in [-0.3, -0.25) is 4.79 Å². The highest BCUT2D eigenvalue weighted by Crippen LogP contribution is 2.39. The molecule has 0 spiro atoms. The molecule has 0 saturated carbocycles. The SMILES string of the molecule is O=C(O)c1ccccc1C(=O)Oc1ccccc1C1CC(c2ccc(Cl)cc2)=NN1C(=O)c1ccccc1C(=O)O. The van der Waals surface area contributed by atoms with E-state index in [2.05, 4.69) is 5.10 Å². The summed E-state index contributed by atoms with van der Waals surface area (Å²) in [6.45, 7) is 0. The number of carboxylic acid groups (broad SMARTS) is 2. The number of aromatic carboxylic acids is 2. The Labute approximate surface area is 238 Å². The van der Waals surface area contributed by atoms with Crippen LogP contribution >= 0.6 is 11.6 Å². The van der Waals surface area contributed by atoms with Crippen LogP contribution in [-0.2, 0) is 0 Å². The van der Waals surface area contributed by atoms with Gasteiger partial charge in [0.05, 0.1) is 34.0 Å². The van der Waals surface area contributed by atoms with Gasteiger partial charge in [0.1, 0.15) is 5.75 Å². The van der Waals surface area contributed by atoms with Gasteiger partial charge in [-0.25, -0.2) is 19.4 Å². The smallest absolute Gasteiger partial charge is 0.344 e. The van der Waals surface area contributed by atoms with E-state index in [9.17, 15) is 29.4 Å². The molecule has 10 heteroatoms. The lowest BCUT2D eigenvalue weighted by atomic mass is 9.97. The Morgan fingerprint density at radius 2 is 1.27 bits per heavy atom. The van der Waals surface area contributed by atoms with E-state index in [4.69, 9.17) is 16.3 Å². The van der Waals surface area contributed by atoms with Gasteiger partial charge in [-0.15, -0.1) is 0 Å². The Morgan fingerprint density at radius 1 is 0.732 bits per heavy atom. The summed E-state index contributed by atoms with van der Waals surface area (Å²) in [5, 5.41) is 25.5. The number of carbonyl (C=O) groups is 4. The van der Waals surface area contributed by atoms with Crippen LogP contribution in [0.2, 0.25) is 5.02 Å². The minimum absolute atomic E-state index is 0.0593. The number of carbonyl (C=O) groups excluding carboxylic acids is 2. The molecule has 1 amide bonds. The summed E-state index contributed by atoms with van der Waals surface area (Å²) >= 11 is 6.05. The van der Waals surface area contributed by atoms with Gasteiger partial charge in [0.25, 0.3) is 5.91 Å². The molecular weight excluding hydrogens is 548 g/mol. The summed E-state index contributed by atoms with van der Waals surface area (Å²) in [4.78, 5) is 50.5. The van der Waals surface area contributed by atoms with Crippen LogP contribution in [0.4, 0.5) is 0 Å². The number of hydrogen-bond acceptors (Lipinski definition) is 6. The van der Waals surface area contributed by atoms with Crippen molar-refractivity contribution < 1.29 is 34.1 Å². The van der Waals surface area contributed by atoms with E-state index >= 15 is 0 Å². The topological polar surface area (TPSA) is 134 Å². The third-order valence-corrected chi connectivity index (χ3v) is 6.79. The second-order valence-corrected chi connectivity index (χ2v) is 9.49. The van der Waals surface area contributed by atoms with E-state index in [1.807, 2.05) is 0 Å². The van der Waals surface area contributed by atoms with Gasteiger partial charge in [0.15, 0.2) is 0 Å². The van der Waals surface area contributed by atoms with E-state index < -0.39 is 29.9 Å². The lowest BCUT2D eigenvalue weighted by Crippen LogP contribution is -2.29. The molecule has 4 aromatic rings. The molecule has 1 aliphatic heterocycles. The molecule has 2 N–H and O–H groups in total. The van der Waals surface area contributed by atoms with Crippen LogP contribution < -0.4 is 4.74 Å². The monoisotopic (exact) mass is 568 g/mol. The number of rotatable bonds is 7. The predicted octanol–water partition coefficient (Wildman–Crippen LogP) is 5.95. The van der Waals surface area contributed by atoms with Crippen molar-refractivity contribution >= 4 is 41.1 Å². The Balaban J connectivity index is 1.56. The summed E-state index contributed by atoms with van der Waals surface area (Å²) in [6, 6.07) is 24.1. The number of hydrazone groups is 1. The van der Waals surface area contributed by atoms with E-state index in [-0.39, 0.29) is 34.4 Å². The third-order valence-electron chi connectivity index (χ3n) is 6.54. The molecule has 5 rings (SSSR count). The van der Waals surface area contributed by atoms with Crippen LogP contribution in [0.3, 0.4) is 0 Å². The summed E-state index contributed by atoms with van der Waals surface area (Å²) in [5.41, 5.74) is 1.06. The van der Waals surface area contributed by atoms with Crippen LogP contribution in [0, 0.1) is 0 Å². The minimum Gasteiger partial charge on any atom is -0.478 e. The molecule has 0 saturated heterocycles. The molecule has 1 aliphatic rings. The first-order chi connectivity index (χ1) is 19.7. The number of carboxylic acids is 2. The van der Waals surface area contributed by atoms with Crippen molar-refractivity contribution in [1.29, 1.82) is 0 Å². The lowest BCUT2D eigenvalue weighted by molar-refractivity contribution is 0.0651. The fourth-order valence-corrected chi connectivity index (χ4v) is 4.71. The van der Waals surface area contributed by atoms with Crippen molar-refractivity contribution in [2.24, 2.45) is 5.10 Å². The fraction of sp³-hybridized carbons (Fsp3) is 0.0645. The van der Waals surface area contributed by atoms with Crippen molar-refractivity contribution in [3.63, 3.8) is 0 Å². The first kappa shape index (κ1) is 27.3. The van der Waals surface area contributed by atoms with Crippen molar-refractivity contribution in [2.45, 2.75) is 12.5 Å². The predicted molar refractivity (Wildman–Crippen MR) is 150 cm³/mol. The second kappa shape index (κ2) is 11.4. The zero-order chi connectivity index (χ0) is 29.1. The number of esters is 1. The van der Waals surface area contributed by atoms with Crippen LogP contribution in [0.25, 0.3) is 0 Å². The van der Waals surface area contributed by atoms with Crippen LogP contribution in [-0.4, -0.2) is 44.7 Å². The Bertz CT molecular complexity index is 1720. The van der Waals surface area contributed by atoms with E-state index in [0.29, 0.717) is 21.9 Å². The standard InChI is InChI=1S/C31H21ClN2O7/c32-19-15-13-18(14-16-19)25-17-26(34(33-25)28(35)20-7-1-2-8-21(20)29(36)37)24-11-5-6-12-27(24)41-31(40)23-10-4-3-9-22(23)30(38)39/h1-16,26H,17H2,(H,36,37)(H,38,39). The van der Waals surface area contributed by atoms with Gasteiger partial charge in [0.2, 0.25) is 0 Å². The molecule has 0 aliphatic carbocycles. The molecular formula is C31H21ClN2O7. The molecule has 9 nitrogen and oxygen atoms in total. The molecule has 4 aromatic carbocycles. The maximum Gasteiger partial charge on any atom is 0.344 e. The summed E-state index contributed by atoms with van der Waals surface area (Å²) in [7, 11) is 0. The maximum atomic E-state index is 13.8. The second-order valence-electron chi connectivity index (χ2n) is 9.05. The first-order valence-electron chi connectivity index (χ1n) is 12.4. The third kappa shape index (κ3) is 5.57. The molecule has 204 valence electrons. The summed E-state index contributed by atoms with van der Waals surface area (Å²) < 4.78 is 5.68. The van der Waals surface area contributed by atoms with Gasteiger partial charge >= 0.3 is 17.9 Å². The number of amides is 1. The first-order valence-corrected chi connectivity index (χ1v) is 12.7. The number of halogens is 1. The van der Waals surface area contributed by atoms with Gasteiger partial charge in [-0.1, -0.05) is 66.2 Å². The highest BCUT2D eigenvalue weighted by molar-refractivity contribution is 6.30. The molecule has 1 atom stereocenters. The van der Waals surface area contributed by atoms with Gasteiger partial charge < -0.3 is 14.9 Å². The minimum atomic E-state index is -1.28. The average molecular weight is 569 g/mol. The van der Waals surface area contributed by atoms with Gasteiger partial charge in [-0.2, -0.15) is 5.10 Å². The number of nitrogens with zero attached hydrogens (tertiary/aromatic N) is 2. The lowest BCUT2D eigenvalue weighted by Gasteiger charge is -2.24. The van der Waals surface area contributed by atoms with Gasteiger partial charge in [0, 0.05) is 17.0 Å². The van der Waals surface area contributed by atoms with Crippen molar-refractivity contribution in [2.75, 3.05) is 0 Å². The van der Waals surface area contributed by atoms with Crippen LogP contribution in [0.1, 0.15) is 65.0 Å². The number of benzene rings is 4. The largest absolute Gasteiger partial charge is 0.478 e. The molecule has 1 heterocycles. The van der Waals surface area contributed by atoms with Crippen molar-refractivity contribution in [1.82, 2.24) is 5.01 Å². The number of ether oxygens (including phenoxy) is 1. The highest BCUT2D eigenvalue weighted by atomic mass is 35.5. The normalized spacial score (nSPS) is 14.3. The van der Waals surface area contributed by atoms with Gasteiger partial charge in [-0.05, 0) is 48.0 Å². The molecule has 1 unspecified atom stereocenters. The van der Waals surface area contributed by atoms with Crippen LogP contribution in [0.5, 0.6) is 5.75 Å². The van der Waals surface area contributed by atoms with E-state index in [0.717, 1.165) is 0 Å². The Kier molecular flexibility index (Phi) is 7.62. The molecule has 0 bridgehead atoms. The number of hydrogen-bond donors (Lipinski definition) is 2. The highest BCUT2D eigenvalue weighted by Gasteiger charge is 2.37. The van der Waals surface area contributed by atoms with E-state index in [1.54, 1.807) is 48.5 Å². The Morgan fingerprint density at radius 3 is 1.90 bits per heavy atom. The quantitative estimate of drug-likeness (QED) is 0.208. The van der Waals surface area contributed by atoms with Crippen LogP contribution in [0.15, 0.2) is 102 Å². The molecule has 41 heavy (non-hydrogen) atoms. The molecule has 0 fully saturated rings. The fourth-order valence-electron chi connectivity index (χ4n) is 4.59. The summed E-state index contributed by atoms with van der Waals surface area (Å²) in [6.07, 6.45) is 0.211. The maximum absolute atomic E-state index is 13.8. The Hall–Kier alpha value is -5.28. The van der Waals surface area contributed by atoms with Crippen molar-refractivity contribution in [3.05, 3.63) is 135 Å². The zero-order valence-corrected chi connectivity index (χ0v) is 22.0. The van der Waals surface area contributed by atoms with E-state index in [1.165, 1.54) is 53.5 Å². The van der Waals surface area contributed by atoms with Crippen molar-refractivity contribution in [3.8, 4) is 5.75 Å². The zero-order valence-electron chi connectivity index (χ0n) is 21.2. The summed E-state index contributed by atoms with van der Waals surface area (Å²) in [5.74, 6) is -4.00.